The Morgan fingerprint density at radius 1 is 0.455 bits per heavy atom. The monoisotopic (exact) mass is 706 g/mol. The zero-order valence-electron chi connectivity index (χ0n) is 31.2. The van der Waals surface area contributed by atoms with E-state index >= 15 is 0 Å². The predicted octanol–water partition coefficient (Wildman–Crippen LogP) is 14.3. The van der Waals surface area contributed by atoms with Gasteiger partial charge in [-0.25, -0.2) is 0 Å². The number of para-hydroxylation sites is 2. The maximum Gasteiger partial charge on any atom is 0.0737 e. The molecule has 0 heterocycles. The maximum absolute atomic E-state index is 6.20. The Hall–Kier alpha value is -6.64. The van der Waals surface area contributed by atoms with Crippen molar-refractivity contribution < 1.29 is 0 Å². The average molecular weight is 707 g/mol. The molecule has 0 amide bonds. The van der Waals surface area contributed by atoms with Crippen LogP contribution in [0.1, 0.15) is 48.9 Å². The topological polar surface area (TPSA) is 38.0 Å². The Labute approximate surface area is 322 Å². The number of benzene rings is 9. The van der Waals surface area contributed by atoms with Gasteiger partial charge in [0.1, 0.15) is 0 Å². The summed E-state index contributed by atoms with van der Waals surface area (Å²) in [5.41, 5.74) is 21.6. The number of nitrogens with one attached hydrogen (secondary N) is 1. The highest BCUT2D eigenvalue weighted by Gasteiger charge is 2.53. The van der Waals surface area contributed by atoms with Gasteiger partial charge in [0.2, 0.25) is 0 Å². The molecule has 55 heavy (non-hydrogen) atoms. The standard InChI is InChI=1S/C49H32N2.C4H10/c50-44-19-9-10-20-45(44)51-33-25-21-30(22-26-33)31-23-27-34-32(29-31)24-28-41-46-39-15-3-1-11-35(39)36-12-2-4-16-40(36)48(46)49(47(34)41)42-17-7-5-13-37(42)38-14-6-8-18-43(38)49;1-3-4-2/h1-29,51H,50H2;3-4H2,1-2H3. The molecular weight excluding hydrogens is 665 g/mol. The molecule has 3 N–H and O–H groups in total. The van der Waals surface area contributed by atoms with Crippen molar-refractivity contribution in [2.45, 2.75) is 32.1 Å². The average Bonchev–Trinajstić information content (AvgIpc) is 3.73. The van der Waals surface area contributed by atoms with Crippen molar-refractivity contribution in [1.29, 1.82) is 0 Å². The third-order valence-electron chi connectivity index (χ3n) is 11.9. The lowest BCUT2D eigenvalue weighted by molar-refractivity contribution is 0.809. The van der Waals surface area contributed by atoms with Gasteiger partial charge < -0.3 is 11.1 Å². The fourth-order valence-electron chi connectivity index (χ4n) is 9.34. The van der Waals surface area contributed by atoms with Crippen molar-refractivity contribution in [1.82, 2.24) is 0 Å². The molecule has 0 fully saturated rings. The van der Waals surface area contributed by atoms with Gasteiger partial charge in [-0.3, -0.25) is 0 Å². The van der Waals surface area contributed by atoms with E-state index in [1.807, 2.05) is 24.3 Å². The number of unbranched alkanes of at least 4 members (excludes halogenated alkanes) is 1. The number of nitrogen functional groups attached to an aromatic ring is 1. The molecule has 2 aliphatic rings. The Bertz CT molecular complexity index is 2890. The summed E-state index contributed by atoms with van der Waals surface area (Å²) < 4.78 is 0. The van der Waals surface area contributed by atoms with E-state index in [0.29, 0.717) is 0 Å². The predicted molar refractivity (Wildman–Crippen MR) is 235 cm³/mol. The van der Waals surface area contributed by atoms with Crippen LogP contribution >= 0.6 is 0 Å². The molecule has 264 valence electrons. The minimum absolute atomic E-state index is 0.463. The number of fused-ring (bicyclic) bond motifs is 17. The molecule has 0 saturated heterocycles. The van der Waals surface area contributed by atoms with Crippen LogP contribution in [0.25, 0.3) is 65.7 Å². The van der Waals surface area contributed by atoms with Crippen molar-refractivity contribution in [3.05, 3.63) is 198 Å². The van der Waals surface area contributed by atoms with Gasteiger partial charge in [0.15, 0.2) is 0 Å². The van der Waals surface area contributed by atoms with E-state index in [9.17, 15) is 0 Å². The van der Waals surface area contributed by atoms with Crippen LogP contribution in [-0.4, -0.2) is 0 Å². The molecule has 9 aromatic rings. The Balaban J connectivity index is 0.000000891. The van der Waals surface area contributed by atoms with Crippen molar-refractivity contribution in [2.24, 2.45) is 0 Å². The van der Waals surface area contributed by atoms with E-state index in [-0.39, 0.29) is 0 Å². The minimum Gasteiger partial charge on any atom is -0.397 e. The van der Waals surface area contributed by atoms with Gasteiger partial charge in [-0.1, -0.05) is 172 Å². The molecule has 9 aromatic carbocycles. The highest BCUT2D eigenvalue weighted by molar-refractivity contribution is 6.21. The number of nitrogens with two attached hydrogens (primary N) is 1. The molecule has 0 aromatic heterocycles. The molecule has 0 radical (unpaired) electrons. The first-order valence-electron chi connectivity index (χ1n) is 19.6. The summed E-state index contributed by atoms with van der Waals surface area (Å²) in [4.78, 5) is 0. The number of hydrogen-bond donors (Lipinski definition) is 2. The first-order chi connectivity index (χ1) is 27.1. The summed E-state index contributed by atoms with van der Waals surface area (Å²) >= 11 is 0. The van der Waals surface area contributed by atoms with E-state index < -0.39 is 5.41 Å². The third kappa shape index (κ3) is 4.88. The number of hydrogen-bond acceptors (Lipinski definition) is 2. The third-order valence-corrected chi connectivity index (χ3v) is 11.9. The van der Waals surface area contributed by atoms with E-state index in [1.54, 1.807) is 0 Å². The van der Waals surface area contributed by atoms with Gasteiger partial charge in [0.05, 0.1) is 16.8 Å². The van der Waals surface area contributed by atoms with E-state index in [2.05, 4.69) is 171 Å². The molecule has 2 aliphatic carbocycles. The molecule has 0 atom stereocenters. The van der Waals surface area contributed by atoms with Crippen molar-refractivity contribution in [2.75, 3.05) is 11.1 Å². The van der Waals surface area contributed by atoms with Crippen molar-refractivity contribution in [3.8, 4) is 33.4 Å². The van der Waals surface area contributed by atoms with Crippen LogP contribution in [0.4, 0.5) is 17.1 Å². The van der Waals surface area contributed by atoms with Crippen LogP contribution < -0.4 is 11.1 Å². The van der Waals surface area contributed by atoms with Crippen LogP contribution in [0.15, 0.2) is 176 Å². The first-order valence-corrected chi connectivity index (χ1v) is 19.6. The summed E-state index contributed by atoms with van der Waals surface area (Å²) in [6, 6.07) is 64.5. The Kier molecular flexibility index (Phi) is 7.81. The van der Waals surface area contributed by atoms with Gasteiger partial charge in [-0.05, 0) is 118 Å². The largest absolute Gasteiger partial charge is 0.397 e. The van der Waals surface area contributed by atoms with Gasteiger partial charge in [0, 0.05) is 5.69 Å². The summed E-state index contributed by atoms with van der Waals surface area (Å²) in [6.45, 7) is 4.36. The molecule has 0 saturated carbocycles. The van der Waals surface area contributed by atoms with Crippen molar-refractivity contribution >= 4 is 49.4 Å². The second-order valence-corrected chi connectivity index (χ2v) is 14.9. The summed E-state index contributed by atoms with van der Waals surface area (Å²) in [5, 5.41) is 11.2. The summed E-state index contributed by atoms with van der Waals surface area (Å²) in [7, 11) is 0. The first kappa shape index (κ1) is 33.0. The zero-order chi connectivity index (χ0) is 37.1. The lowest BCUT2D eigenvalue weighted by atomic mass is 9.68. The smallest absolute Gasteiger partial charge is 0.0737 e. The molecule has 0 bridgehead atoms. The number of anilines is 3. The van der Waals surface area contributed by atoms with Gasteiger partial charge in [-0.2, -0.15) is 0 Å². The fraction of sp³-hybridized carbons (Fsp3) is 0.0943. The summed E-state index contributed by atoms with van der Waals surface area (Å²) in [5.74, 6) is 0. The molecule has 2 nitrogen and oxygen atoms in total. The van der Waals surface area contributed by atoms with Crippen LogP contribution in [0.2, 0.25) is 0 Å². The molecule has 1 spiro atoms. The molecule has 0 aliphatic heterocycles. The second kappa shape index (κ2) is 13.0. The second-order valence-electron chi connectivity index (χ2n) is 14.9. The van der Waals surface area contributed by atoms with Crippen LogP contribution in [0, 0.1) is 0 Å². The lowest BCUT2D eigenvalue weighted by Gasteiger charge is -2.32. The highest BCUT2D eigenvalue weighted by atomic mass is 14.9. The van der Waals surface area contributed by atoms with E-state index in [1.165, 1.54) is 101 Å². The van der Waals surface area contributed by atoms with Crippen LogP contribution in [-0.2, 0) is 5.41 Å². The van der Waals surface area contributed by atoms with Gasteiger partial charge in [0.25, 0.3) is 0 Å². The summed E-state index contributed by atoms with van der Waals surface area (Å²) in [6.07, 6.45) is 2.64. The maximum atomic E-state index is 6.20. The van der Waals surface area contributed by atoms with E-state index in [0.717, 1.165) is 17.1 Å². The Morgan fingerprint density at radius 2 is 1.02 bits per heavy atom. The Morgan fingerprint density at radius 3 is 1.69 bits per heavy atom. The SMILES string of the molecule is CCCC.Nc1ccccc1Nc1ccc(-c2ccc3c4c(ccc3c2)-c2c(c3ccccc3c3ccccc23)C42c3ccccc3-c3ccccc32)cc1. The minimum atomic E-state index is -0.463. The number of rotatable bonds is 4. The quantitative estimate of drug-likeness (QED) is 0.141. The van der Waals surface area contributed by atoms with Gasteiger partial charge in [-0.15, -0.1) is 0 Å². The van der Waals surface area contributed by atoms with Crippen LogP contribution in [0.5, 0.6) is 0 Å². The molecule has 0 unspecified atom stereocenters. The van der Waals surface area contributed by atoms with Crippen molar-refractivity contribution in [3.63, 3.8) is 0 Å². The molecular formula is C53H42N2. The fourth-order valence-corrected chi connectivity index (χ4v) is 9.34. The zero-order valence-corrected chi connectivity index (χ0v) is 31.2. The van der Waals surface area contributed by atoms with Crippen LogP contribution in [0.3, 0.4) is 0 Å². The highest BCUT2D eigenvalue weighted by Crippen LogP contribution is 2.66. The lowest BCUT2D eigenvalue weighted by Crippen LogP contribution is -2.26. The van der Waals surface area contributed by atoms with Gasteiger partial charge >= 0.3 is 0 Å². The molecule has 2 heteroatoms. The normalized spacial score (nSPS) is 12.9. The van der Waals surface area contributed by atoms with E-state index in [4.69, 9.17) is 5.73 Å². The molecule has 11 rings (SSSR count).